The minimum absolute atomic E-state index is 0.102. The fourth-order valence-electron chi connectivity index (χ4n) is 7.96. The lowest BCUT2D eigenvalue weighted by Gasteiger charge is -2.63. The molecule has 4 aliphatic rings. The molecular formula is C24H42N2O3. The van der Waals surface area contributed by atoms with Crippen LogP contribution in [0.3, 0.4) is 0 Å². The van der Waals surface area contributed by atoms with E-state index in [1.165, 1.54) is 6.42 Å². The number of nitrogens with two attached hydrogens (primary N) is 1. The van der Waals surface area contributed by atoms with Gasteiger partial charge in [0.1, 0.15) is 6.61 Å². The fourth-order valence-corrected chi connectivity index (χ4v) is 7.96. The Morgan fingerprint density at radius 3 is 2.66 bits per heavy atom. The van der Waals surface area contributed by atoms with Gasteiger partial charge in [-0.05, 0) is 100 Å². The van der Waals surface area contributed by atoms with Crippen LogP contribution in [-0.4, -0.2) is 41.3 Å². The van der Waals surface area contributed by atoms with Crippen molar-refractivity contribution in [2.75, 3.05) is 13.2 Å². The van der Waals surface area contributed by atoms with Crippen LogP contribution in [0.25, 0.3) is 0 Å². The second-order valence-electron chi connectivity index (χ2n) is 11.0. The number of oxime groups is 1. The van der Waals surface area contributed by atoms with Gasteiger partial charge in [0, 0.05) is 17.5 Å². The molecule has 8 atom stereocenters. The minimum Gasteiger partial charge on any atom is -0.396 e. The Kier molecular flexibility index (Phi) is 6.04. The smallest absolute Gasteiger partial charge is 0.117 e. The third kappa shape index (κ3) is 3.45. The van der Waals surface area contributed by atoms with E-state index >= 15 is 0 Å². The standard InChI is InChI=1S/C24H42N2O3/c1-22-10-8-19(27)15-17(22)5-6-21-20(22)9-11-23(2)18(7-12-24(21,23)28)16-26-29-14-4-3-13-25/h16-21,27-28H,3-15,25H2,1-2H3/b26-16+/t17-,18-,19+,20+,21-,22+,23-,24+/m1/s1. The first-order chi connectivity index (χ1) is 13.8. The van der Waals surface area contributed by atoms with E-state index in [0.717, 1.165) is 64.2 Å². The molecule has 0 heterocycles. The Hall–Kier alpha value is -0.650. The molecule has 0 bridgehead atoms. The van der Waals surface area contributed by atoms with E-state index in [2.05, 4.69) is 19.0 Å². The van der Waals surface area contributed by atoms with E-state index in [0.29, 0.717) is 36.8 Å². The molecule has 0 radical (unpaired) electrons. The van der Waals surface area contributed by atoms with Crippen molar-refractivity contribution in [1.29, 1.82) is 0 Å². The van der Waals surface area contributed by atoms with E-state index in [4.69, 9.17) is 10.6 Å². The molecule has 0 aromatic heterocycles. The van der Waals surface area contributed by atoms with E-state index < -0.39 is 5.60 Å². The molecule has 0 aliphatic heterocycles. The van der Waals surface area contributed by atoms with Crippen LogP contribution in [0.5, 0.6) is 0 Å². The number of hydrogen-bond acceptors (Lipinski definition) is 5. The lowest BCUT2D eigenvalue weighted by Crippen LogP contribution is -2.62. The van der Waals surface area contributed by atoms with E-state index in [1.807, 2.05) is 6.21 Å². The van der Waals surface area contributed by atoms with Gasteiger partial charge in [-0.2, -0.15) is 0 Å². The quantitative estimate of drug-likeness (QED) is 0.355. The Labute approximate surface area is 176 Å². The van der Waals surface area contributed by atoms with Crippen LogP contribution >= 0.6 is 0 Å². The average Bonchev–Trinajstić information content (AvgIpc) is 2.96. The predicted octanol–water partition coefficient (Wildman–Crippen LogP) is 3.86. The summed E-state index contributed by atoms with van der Waals surface area (Å²) in [4.78, 5) is 5.47. The van der Waals surface area contributed by atoms with Crippen molar-refractivity contribution >= 4 is 6.21 Å². The van der Waals surface area contributed by atoms with Gasteiger partial charge >= 0.3 is 0 Å². The van der Waals surface area contributed by atoms with Crippen LogP contribution in [0.2, 0.25) is 0 Å². The molecule has 4 N–H and O–H groups in total. The lowest BCUT2D eigenvalue weighted by molar-refractivity contribution is -0.206. The van der Waals surface area contributed by atoms with Crippen LogP contribution < -0.4 is 5.73 Å². The number of hydrogen-bond donors (Lipinski definition) is 3. The molecule has 4 saturated carbocycles. The molecule has 29 heavy (non-hydrogen) atoms. The summed E-state index contributed by atoms with van der Waals surface area (Å²) < 4.78 is 0. The van der Waals surface area contributed by atoms with Crippen molar-refractivity contribution in [3.05, 3.63) is 0 Å². The summed E-state index contributed by atoms with van der Waals surface area (Å²) in [6, 6.07) is 0. The van der Waals surface area contributed by atoms with Crippen molar-refractivity contribution in [2.45, 2.75) is 96.2 Å². The van der Waals surface area contributed by atoms with Crippen molar-refractivity contribution in [3.63, 3.8) is 0 Å². The number of aliphatic hydroxyl groups excluding tert-OH is 1. The maximum Gasteiger partial charge on any atom is 0.117 e. The molecule has 166 valence electrons. The zero-order valence-electron chi connectivity index (χ0n) is 18.5. The molecule has 0 saturated heterocycles. The molecule has 0 aromatic carbocycles. The molecule has 5 nitrogen and oxygen atoms in total. The van der Waals surface area contributed by atoms with E-state index in [9.17, 15) is 10.2 Å². The van der Waals surface area contributed by atoms with Gasteiger partial charge in [-0.25, -0.2) is 0 Å². The molecule has 4 aliphatic carbocycles. The number of fused-ring (bicyclic) bond motifs is 5. The molecular weight excluding hydrogens is 364 g/mol. The summed E-state index contributed by atoms with van der Waals surface area (Å²) in [5, 5.41) is 26.6. The highest BCUT2D eigenvalue weighted by Gasteiger charge is 2.66. The first kappa shape index (κ1) is 21.6. The molecule has 5 heteroatoms. The first-order valence-electron chi connectivity index (χ1n) is 12.1. The van der Waals surface area contributed by atoms with Gasteiger partial charge in [0.25, 0.3) is 0 Å². The number of rotatable bonds is 6. The Morgan fingerprint density at radius 1 is 1.03 bits per heavy atom. The third-order valence-corrected chi connectivity index (χ3v) is 9.90. The highest BCUT2D eigenvalue weighted by atomic mass is 16.6. The first-order valence-corrected chi connectivity index (χ1v) is 12.1. The second-order valence-corrected chi connectivity index (χ2v) is 11.0. The van der Waals surface area contributed by atoms with Crippen LogP contribution in [0.4, 0.5) is 0 Å². The van der Waals surface area contributed by atoms with E-state index in [-0.39, 0.29) is 16.9 Å². The minimum atomic E-state index is -0.587. The van der Waals surface area contributed by atoms with Gasteiger partial charge in [0.15, 0.2) is 0 Å². The van der Waals surface area contributed by atoms with Crippen molar-refractivity contribution in [2.24, 2.45) is 45.4 Å². The SMILES string of the molecule is C[C@]12CC[C@H](O)C[C@H]1CC[C@@H]1[C@@H]2CC[C@]2(C)[C@@H](/C=N/OCCCCN)CC[C@]12O. The van der Waals surface area contributed by atoms with Crippen LogP contribution in [0.1, 0.15) is 84.5 Å². The molecule has 0 amide bonds. The molecule has 0 aromatic rings. The maximum atomic E-state index is 12.1. The zero-order valence-corrected chi connectivity index (χ0v) is 18.5. The van der Waals surface area contributed by atoms with Crippen molar-refractivity contribution in [1.82, 2.24) is 0 Å². The van der Waals surface area contributed by atoms with E-state index in [1.54, 1.807) is 0 Å². The molecule has 4 rings (SSSR count). The van der Waals surface area contributed by atoms with Gasteiger partial charge in [-0.15, -0.1) is 0 Å². The number of unbranched alkanes of at least 4 members (excludes halogenated alkanes) is 1. The summed E-state index contributed by atoms with van der Waals surface area (Å²) in [6.07, 6.45) is 13.2. The van der Waals surface area contributed by atoms with Crippen molar-refractivity contribution < 1.29 is 15.1 Å². The Balaban J connectivity index is 1.47. The van der Waals surface area contributed by atoms with Crippen molar-refractivity contribution in [3.8, 4) is 0 Å². The summed E-state index contributed by atoms with van der Waals surface area (Å²) in [6.45, 7) is 6.09. The average molecular weight is 407 g/mol. The normalized spacial score (nSPS) is 49.5. The highest BCUT2D eigenvalue weighted by molar-refractivity contribution is 5.63. The summed E-state index contributed by atoms with van der Waals surface area (Å²) in [5.41, 5.74) is 5.12. The van der Waals surface area contributed by atoms with Gasteiger partial charge in [-0.3, -0.25) is 0 Å². The predicted molar refractivity (Wildman–Crippen MR) is 115 cm³/mol. The highest BCUT2D eigenvalue weighted by Crippen LogP contribution is 2.68. The van der Waals surface area contributed by atoms with Crippen LogP contribution in [0.15, 0.2) is 5.16 Å². The zero-order chi connectivity index (χ0) is 20.7. The monoisotopic (exact) mass is 406 g/mol. The maximum absolute atomic E-state index is 12.1. The number of aliphatic hydroxyl groups is 2. The molecule has 0 unspecified atom stereocenters. The lowest BCUT2D eigenvalue weighted by atomic mass is 9.43. The summed E-state index contributed by atoms with van der Waals surface area (Å²) in [7, 11) is 0. The Bertz CT molecular complexity index is 613. The van der Waals surface area contributed by atoms with Gasteiger partial charge < -0.3 is 20.8 Å². The summed E-state index contributed by atoms with van der Waals surface area (Å²) >= 11 is 0. The topological polar surface area (TPSA) is 88.1 Å². The largest absolute Gasteiger partial charge is 0.396 e. The molecule has 4 fully saturated rings. The molecule has 0 spiro atoms. The van der Waals surface area contributed by atoms with Gasteiger partial charge in [-0.1, -0.05) is 19.0 Å². The third-order valence-electron chi connectivity index (χ3n) is 9.90. The Morgan fingerprint density at radius 2 is 1.86 bits per heavy atom. The van der Waals surface area contributed by atoms with Crippen LogP contribution in [0, 0.1) is 34.5 Å². The fraction of sp³-hybridized carbons (Fsp3) is 0.958. The van der Waals surface area contributed by atoms with Crippen LogP contribution in [-0.2, 0) is 4.84 Å². The summed E-state index contributed by atoms with van der Waals surface area (Å²) in [5.74, 6) is 1.90. The van der Waals surface area contributed by atoms with Gasteiger partial charge in [0.05, 0.1) is 11.7 Å². The van der Waals surface area contributed by atoms with Gasteiger partial charge in [0.2, 0.25) is 0 Å². The number of nitrogens with zero attached hydrogens (tertiary/aromatic N) is 1. The second kappa shape index (κ2) is 8.12.